The third-order valence-electron chi connectivity index (χ3n) is 5.25. The van der Waals surface area contributed by atoms with Crippen molar-refractivity contribution in [3.8, 4) is 5.75 Å². The van der Waals surface area contributed by atoms with E-state index in [-0.39, 0.29) is 24.6 Å². The number of aromatic nitrogens is 3. The Morgan fingerprint density at radius 1 is 1.12 bits per heavy atom. The molecule has 2 aromatic rings. The molecule has 3 heterocycles. The Morgan fingerprint density at radius 2 is 1.82 bits per heavy atom. The Labute approximate surface area is 195 Å². The summed E-state index contributed by atoms with van der Waals surface area (Å²) in [6, 6.07) is 4.02. The Morgan fingerprint density at radius 3 is 2.41 bits per heavy atom. The van der Waals surface area contributed by atoms with Gasteiger partial charge in [0.05, 0.1) is 11.9 Å². The topological polar surface area (TPSA) is 121 Å². The van der Waals surface area contributed by atoms with Gasteiger partial charge in [-0.2, -0.15) is 17.5 Å². The minimum absolute atomic E-state index is 0.00339. The number of nitrogens with zero attached hydrogens (tertiary/aromatic N) is 5. The normalized spacial score (nSPS) is 16.4. The highest BCUT2D eigenvalue weighted by Crippen LogP contribution is 2.21. The number of hydrogen-bond donors (Lipinski definition) is 2. The number of halogens is 3. The molecule has 0 aliphatic carbocycles. The first-order valence-corrected chi connectivity index (χ1v) is 12.3. The molecule has 0 spiro atoms. The Balaban J connectivity index is 1.46. The number of rotatable bonds is 11. The Bertz CT molecular complexity index is 988. The molecule has 1 unspecified atom stereocenters. The minimum atomic E-state index is -4.43. The maximum Gasteiger partial charge on any atom is 0.422 e. The van der Waals surface area contributed by atoms with Crippen LogP contribution in [0.3, 0.4) is 0 Å². The number of piperazine rings is 1. The summed E-state index contributed by atoms with van der Waals surface area (Å²) < 4.78 is 68.4. The Hall–Kier alpha value is -2.55. The third-order valence-corrected chi connectivity index (χ3v) is 7.22. The van der Waals surface area contributed by atoms with Gasteiger partial charge in [0.2, 0.25) is 10.0 Å². The molecule has 0 aromatic carbocycles. The quantitative estimate of drug-likeness (QED) is 0.440. The number of alkyl halides is 3. The summed E-state index contributed by atoms with van der Waals surface area (Å²) in [6.07, 6.45) is 1.68. The van der Waals surface area contributed by atoms with Crippen molar-refractivity contribution in [2.45, 2.75) is 31.5 Å². The summed E-state index contributed by atoms with van der Waals surface area (Å²) in [6.45, 7) is -0.192. The summed E-state index contributed by atoms with van der Waals surface area (Å²) in [5, 5.41) is 9.43. The summed E-state index contributed by atoms with van der Waals surface area (Å²) in [7, 11) is -3.62. The van der Waals surface area contributed by atoms with Crippen molar-refractivity contribution in [1.82, 2.24) is 24.7 Å². The zero-order valence-corrected chi connectivity index (χ0v) is 19.2. The van der Waals surface area contributed by atoms with Gasteiger partial charge in [0.1, 0.15) is 17.4 Å². The molecule has 1 aliphatic heterocycles. The largest absolute Gasteiger partial charge is 0.483 e. The highest BCUT2D eigenvalue weighted by atomic mass is 32.2. The molecule has 1 saturated heterocycles. The van der Waals surface area contributed by atoms with Gasteiger partial charge in [-0.3, -0.25) is 0 Å². The lowest BCUT2D eigenvalue weighted by Gasteiger charge is -2.35. The molecule has 1 fully saturated rings. The average Bonchev–Trinajstić information content (AvgIpc) is 2.82. The fraction of sp³-hybridized carbons (Fsp3) is 0.550. The van der Waals surface area contributed by atoms with E-state index in [1.54, 1.807) is 18.5 Å². The summed E-state index contributed by atoms with van der Waals surface area (Å²) in [4.78, 5) is 14.2. The number of nitrogens with one attached hydrogen (secondary N) is 1. The summed E-state index contributed by atoms with van der Waals surface area (Å²) in [5.41, 5.74) is 2.09. The van der Waals surface area contributed by atoms with Crippen molar-refractivity contribution in [3.05, 3.63) is 42.6 Å². The molecule has 2 N–H and O–H groups in total. The second-order valence-electron chi connectivity index (χ2n) is 7.80. The van der Waals surface area contributed by atoms with Gasteiger partial charge in [0.25, 0.3) is 0 Å². The standard InChI is InChI=1S/C20H27F3N6O4S/c21-20(22,23)15-33-17-5-6-19(26-13-17)28-9-11-29(12-10-28)34(31,32)14-16(27-30)3-1-4-18-24-7-2-8-25-18/h2,5-8,13,16,27,30H,1,3-4,9-12,14-15H2. The SMILES string of the molecule is O=S(=O)(CC(CCCc1ncccn1)NO)N1CCN(c2ccc(OCC(F)(F)F)cn2)CC1. The number of ether oxygens (including phenoxy) is 1. The van der Waals surface area contributed by atoms with Crippen LogP contribution < -0.4 is 15.1 Å². The summed E-state index contributed by atoms with van der Waals surface area (Å²) in [5.74, 6) is 0.938. The van der Waals surface area contributed by atoms with Crippen LogP contribution in [-0.2, 0) is 16.4 Å². The number of aryl methyl sites for hydroxylation is 1. The lowest BCUT2D eigenvalue weighted by Crippen LogP contribution is -2.51. The van der Waals surface area contributed by atoms with E-state index < -0.39 is 28.8 Å². The molecule has 188 valence electrons. The van der Waals surface area contributed by atoms with Gasteiger partial charge in [-0.05, 0) is 31.0 Å². The van der Waals surface area contributed by atoms with Crippen molar-refractivity contribution < 1.29 is 31.5 Å². The third kappa shape index (κ3) is 8.04. The Kier molecular flexibility index (Phi) is 8.99. The van der Waals surface area contributed by atoms with Crippen molar-refractivity contribution in [2.24, 2.45) is 0 Å². The first-order chi connectivity index (χ1) is 16.2. The van der Waals surface area contributed by atoms with Crippen LogP contribution in [0.4, 0.5) is 19.0 Å². The minimum Gasteiger partial charge on any atom is -0.483 e. The van der Waals surface area contributed by atoms with Crippen LogP contribution in [0.1, 0.15) is 18.7 Å². The van der Waals surface area contributed by atoms with Gasteiger partial charge in [-0.1, -0.05) is 0 Å². The van der Waals surface area contributed by atoms with E-state index in [0.29, 0.717) is 44.0 Å². The summed E-state index contributed by atoms with van der Waals surface area (Å²) >= 11 is 0. The van der Waals surface area contributed by atoms with Crippen LogP contribution in [0.25, 0.3) is 0 Å². The van der Waals surface area contributed by atoms with E-state index in [2.05, 4.69) is 25.2 Å². The van der Waals surface area contributed by atoms with E-state index in [9.17, 15) is 26.8 Å². The van der Waals surface area contributed by atoms with E-state index in [1.165, 1.54) is 22.6 Å². The number of hydrogen-bond acceptors (Lipinski definition) is 9. The van der Waals surface area contributed by atoms with E-state index in [0.717, 1.165) is 0 Å². The number of anilines is 1. The van der Waals surface area contributed by atoms with Crippen LogP contribution in [0.15, 0.2) is 36.8 Å². The molecular formula is C20H27F3N6O4S. The van der Waals surface area contributed by atoms with Crippen LogP contribution in [0, 0.1) is 0 Å². The molecule has 2 aromatic heterocycles. The van der Waals surface area contributed by atoms with Crippen molar-refractivity contribution in [3.63, 3.8) is 0 Å². The second kappa shape index (κ2) is 11.7. The van der Waals surface area contributed by atoms with E-state index >= 15 is 0 Å². The monoisotopic (exact) mass is 504 g/mol. The molecule has 14 heteroatoms. The van der Waals surface area contributed by atoms with Gasteiger partial charge in [0, 0.05) is 51.0 Å². The molecule has 3 rings (SSSR count). The zero-order chi connectivity index (χ0) is 24.6. The molecule has 10 nitrogen and oxygen atoms in total. The molecular weight excluding hydrogens is 477 g/mol. The van der Waals surface area contributed by atoms with Crippen LogP contribution in [-0.4, -0.2) is 83.6 Å². The lowest BCUT2D eigenvalue weighted by atomic mass is 10.1. The van der Waals surface area contributed by atoms with Crippen LogP contribution in [0.2, 0.25) is 0 Å². The smallest absolute Gasteiger partial charge is 0.422 e. The van der Waals surface area contributed by atoms with Crippen molar-refractivity contribution in [2.75, 3.05) is 43.4 Å². The maximum absolute atomic E-state index is 12.8. The first kappa shape index (κ1) is 26.1. The van der Waals surface area contributed by atoms with Crippen LogP contribution in [0.5, 0.6) is 5.75 Å². The lowest BCUT2D eigenvalue weighted by molar-refractivity contribution is -0.153. The predicted octanol–water partition coefficient (Wildman–Crippen LogP) is 1.63. The molecule has 1 atom stereocenters. The zero-order valence-electron chi connectivity index (χ0n) is 18.4. The van der Waals surface area contributed by atoms with Crippen molar-refractivity contribution >= 4 is 15.8 Å². The van der Waals surface area contributed by atoms with Gasteiger partial charge in [0.15, 0.2) is 6.61 Å². The van der Waals surface area contributed by atoms with Crippen molar-refractivity contribution in [1.29, 1.82) is 0 Å². The average molecular weight is 505 g/mol. The highest BCUT2D eigenvalue weighted by Gasteiger charge is 2.30. The number of sulfonamides is 1. The van der Waals surface area contributed by atoms with Gasteiger partial charge in [-0.15, -0.1) is 0 Å². The molecule has 0 radical (unpaired) electrons. The fourth-order valence-corrected chi connectivity index (χ4v) is 5.20. The second-order valence-corrected chi connectivity index (χ2v) is 9.82. The van der Waals surface area contributed by atoms with Gasteiger partial charge < -0.3 is 14.8 Å². The predicted molar refractivity (Wildman–Crippen MR) is 117 cm³/mol. The molecule has 34 heavy (non-hydrogen) atoms. The molecule has 1 aliphatic rings. The van der Waals surface area contributed by atoms with Crippen LogP contribution >= 0.6 is 0 Å². The van der Waals surface area contributed by atoms with E-state index in [1.807, 2.05) is 4.90 Å². The molecule has 0 bridgehead atoms. The highest BCUT2D eigenvalue weighted by molar-refractivity contribution is 7.89. The first-order valence-electron chi connectivity index (χ1n) is 10.7. The molecule has 0 saturated carbocycles. The number of pyridine rings is 1. The van der Waals surface area contributed by atoms with E-state index in [4.69, 9.17) is 0 Å². The maximum atomic E-state index is 12.8. The number of hydroxylamine groups is 1. The fourth-order valence-electron chi connectivity index (χ4n) is 3.52. The van der Waals surface area contributed by atoms with Gasteiger partial charge >= 0.3 is 6.18 Å². The molecule has 0 amide bonds. The van der Waals surface area contributed by atoms with Gasteiger partial charge in [-0.25, -0.2) is 28.8 Å².